The van der Waals surface area contributed by atoms with Crippen LogP contribution < -0.4 is 14.9 Å². The van der Waals surface area contributed by atoms with Crippen LogP contribution in [0, 0.1) is 0 Å². The number of aliphatic hydroxyl groups excluding tert-OH is 6. The second kappa shape index (κ2) is 12.1. The van der Waals surface area contributed by atoms with Gasteiger partial charge in [-0.2, -0.15) is 0 Å². The second-order valence-electron chi connectivity index (χ2n) is 10.0. The first-order valence-corrected chi connectivity index (χ1v) is 12.9. The Labute approximate surface area is 241 Å². The molecular weight excluding hydrogens is 580 g/mol. The Morgan fingerprint density at radius 2 is 1.58 bits per heavy atom. The van der Waals surface area contributed by atoms with Gasteiger partial charge in [-0.25, -0.2) is 0 Å². The number of fused-ring (bicyclic) bond motifs is 1. The van der Waals surface area contributed by atoms with Crippen LogP contribution in [0.2, 0.25) is 0 Å². The summed E-state index contributed by atoms with van der Waals surface area (Å²) < 4.78 is 32.4. The Kier molecular flexibility index (Phi) is 8.66. The molecule has 9 N–H and O–H groups in total. The standard InChI is InChI=1S/C27H30O16/c1-38-14-3-2-9(4-11(14)28)25-22(35)20(33)17-12(29)5-10(6-15(17)42-25)41-27-24(37)21(34)19(32)16(43-27)8-40-26-23(36)18(31)13(30)7-39-26/h2-6,13,16,18-19,21,23-24,26-32,34-37H,7-8H2,1H3/t13-,16+,18-,19+,21-,23+,24+,26+,27+/m0/s1. The molecule has 0 aliphatic carbocycles. The lowest BCUT2D eigenvalue weighted by Gasteiger charge is -2.41. The highest BCUT2D eigenvalue weighted by atomic mass is 16.7. The molecule has 2 aliphatic heterocycles. The van der Waals surface area contributed by atoms with Crippen molar-refractivity contribution in [2.45, 2.75) is 55.3 Å². The monoisotopic (exact) mass is 610 g/mol. The number of phenols is 2. The molecule has 0 spiro atoms. The van der Waals surface area contributed by atoms with Gasteiger partial charge in [0, 0.05) is 17.7 Å². The second-order valence-corrected chi connectivity index (χ2v) is 10.0. The van der Waals surface area contributed by atoms with E-state index in [0.717, 1.165) is 12.1 Å². The van der Waals surface area contributed by atoms with E-state index in [-0.39, 0.29) is 40.8 Å². The van der Waals surface area contributed by atoms with Gasteiger partial charge in [0.2, 0.25) is 17.5 Å². The summed E-state index contributed by atoms with van der Waals surface area (Å²) in [6.45, 7) is -0.866. The normalized spacial score (nSPS) is 31.2. The Morgan fingerprint density at radius 1 is 0.860 bits per heavy atom. The Morgan fingerprint density at radius 3 is 2.28 bits per heavy atom. The molecule has 43 heavy (non-hydrogen) atoms. The molecule has 1 aromatic heterocycles. The van der Waals surface area contributed by atoms with E-state index in [2.05, 4.69) is 0 Å². The van der Waals surface area contributed by atoms with Crippen LogP contribution in [-0.2, 0) is 14.2 Å². The van der Waals surface area contributed by atoms with E-state index in [4.69, 9.17) is 28.1 Å². The van der Waals surface area contributed by atoms with Crippen molar-refractivity contribution in [3.8, 4) is 40.1 Å². The van der Waals surface area contributed by atoms with Gasteiger partial charge in [-0.1, -0.05) is 0 Å². The molecule has 0 saturated carbocycles. The zero-order valence-electron chi connectivity index (χ0n) is 22.4. The maximum Gasteiger partial charge on any atom is 0.238 e. The number of hydrogen-bond donors (Lipinski definition) is 9. The minimum atomic E-state index is -1.82. The number of hydrogen-bond acceptors (Lipinski definition) is 16. The van der Waals surface area contributed by atoms with Gasteiger partial charge in [-0.05, 0) is 18.2 Å². The first kappa shape index (κ1) is 30.7. The van der Waals surface area contributed by atoms with Crippen molar-refractivity contribution < 1.29 is 74.1 Å². The van der Waals surface area contributed by atoms with Crippen LogP contribution in [0.15, 0.2) is 39.5 Å². The molecule has 2 aliphatic rings. The fraction of sp³-hybridized carbons (Fsp3) is 0.444. The predicted octanol–water partition coefficient (Wildman–Crippen LogP) is -1.77. The Balaban J connectivity index is 1.39. The SMILES string of the molecule is COc1ccc(-c2oc3cc(O[C@@H]4O[C@H](CO[C@H]5OC[C@H](O)[C@H](O)[C@H]5O)[C@@H](O)[C@H](O)[C@H]4O)cc(O)c3c(=O)c2O)cc1O. The molecule has 0 unspecified atom stereocenters. The van der Waals surface area contributed by atoms with E-state index in [0.29, 0.717) is 0 Å². The van der Waals surface area contributed by atoms with Crippen LogP contribution >= 0.6 is 0 Å². The van der Waals surface area contributed by atoms with Crippen LogP contribution in [0.1, 0.15) is 0 Å². The topological polar surface area (TPSA) is 258 Å². The summed E-state index contributed by atoms with van der Waals surface area (Å²) in [5.74, 6) is -2.26. The lowest BCUT2D eigenvalue weighted by Crippen LogP contribution is -2.61. The van der Waals surface area contributed by atoms with Gasteiger partial charge in [-0.3, -0.25) is 4.79 Å². The highest BCUT2D eigenvalue weighted by Gasteiger charge is 2.46. The van der Waals surface area contributed by atoms with Crippen LogP contribution in [0.5, 0.6) is 28.7 Å². The number of aromatic hydroxyl groups is 3. The summed E-state index contributed by atoms with van der Waals surface area (Å²) >= 11 is 0. The third-order valence-electron chi connectivity index (χ3n) is 7.16. The average molecular weight is 611 g/mol. The van der Waals surface area contributed by atoms with Crippen LogP contribution in [0.4, 0.5) is 0 Å². The number of rotatable bonds is 7. The predicted molar refractivity (Wildman–Crippen MR) is 140 cm³/mol. The summed E-state index contributed by atoms with van der Waals surface area (Å²) in [6, 6.07) is 6.07. The first-order chi connectivity index (χ1) is 20.4. The fourth-order valence-corrected chi connectivity index (χ4v) is 4.76. The highest BCUT2D eigenvalue weighted by molar-refractivity contribution is 5.88. The molecule has 2 saturated heterocycles. The molecule has 9 atom stereocenters. The molecule has 16 nitrogen and oxygen atoms in total. The van der Waals surface area contributed by atoms with Gasteiger partial charge < -0.3 is 74.1 Å². The van der Waals surface area contributed by atoms with Crippen molar-refractivity contribution in [3.63, 3.8) is 0 Å². The molecule has 2 fully saturated rings. The molecule has 0 radical (unpaired) electrons. The van der Waals surface area contributed by atoms with E-state index in [9.17, 15) is 50.8 Å². The molecule has 234 valence electrons. The van der Waals surface area contributed by atoms with Gasteiger partial charge in [0.25, 0.3) is 0 Å². The van der Waals surface area contributed by atoms with Gasteiger partial charge in [0.05, 0.1) is 20.3 Å². The van der Waals surface area contributed by atoms with Gasteiger partial charge >= 0.3 is 0 Å². The highest BCUT2D eigenvalue weighted by Crippen LogP contribution is 2.39. The quantitative estimate of drug-likeness (QED) is 0.143. The smallest absolute Gasteiger partial charge is 0.238 e. The summed E-state index contributed by atoms with van der Waals surface area (Å²) in [5, 5.41) is 91.6. The van der Waals surface area contributed by atoms with E-state index in [1.165, 1.54) is 25.3 Å². The molecule has 0 bridgehead atoms. The van der Waals surface area contributed by atoms with Crippen molar-refractivity contribution in [2.75, 3.05) is 20.3 Å². The zero-order chi connectivity index (χ0) is 31.2. The Bertz CT molecular complexity index is 1520. The first-order valence-electron chi connectivity index (χ1n) is 12.9. The van der Waals surface area contributed by atoms with Gasteiger partial charge in [0.1, 0.15) is 65.2 Å². The minimum absolute atomic E-state index is 0.0979. The van der Waals surface area contributed by atoms with E-state index < -0.39 is 84.2 Å². The minimum Gasteiger partial charge on any atom is -0.507 e. The summed E-state index contributed by atoms with van der Waals surface area (Å²) in [7, 11) is 1.33. The van der Waals surface area contributed by atoms with Crippen LogP contribution in [0.3, 0.4) is 0 Å². The average Bonchev–Trinajstić information content (AvgIpc) is 2.98. The van der Waals surface area contributed by atoms with Crippen molar-refractivity contribution >= 4 is 11.0 Å². The van der Waals surface area contributed by atoms with Crippen LogP contribution in [0.25, 0.3) is 22.3 Å². The molecule has 5 rings (SSSR count). The molecule has 16 heteroatoms. The summed E-state index contributed by atoms with van der Waals surface area (Å²) in [5.41, 5.74) is -1.16. The van der Waals surface area contributed by atoms with Crippen molar-refractivity contribution in [1.82, 2.24) is 0 Å². The van der Waals surface area contributed by atoms with Crippen molar-refractivity contribution in [3.05, 3.63) is 40.6 Å². The van der Waals surface area contributed by atoms with Gasteiger partial charge in [0.15, 0.2) is 23.5 Å². The molecule has 3 heterocycles. The molecule has 3 aromatic rings. The number of ether oxygens (including phenoxy) is 5. The van der Waals surface area contributed by atoms with E-state index in [1.54, 1.807) is 0 Å². The van der Waals surface area contributed by atoms with Crippen molar-refractivity contribution in [2.24, 2.45) is 0 Å². The van der Waals surface area contributed by atoms with Crippen molar-refractivity contribution in [1.29, 1.82) is 0 Å². The maximum absolute atomic E-state index is 12.9. The van der Waals surface area contributed by atoms with E-state index >= 15 is 0 Å². The lowest BCUT2D eigenvalue weighted by atomic mass is 9.99. The van der Waals surface area contributed by atoms with Gasteiger partial charge in [-0.15, -0.1) is 0 Å². The summed E-state index contributed by atoms with van der Waals surface area (Å²) in [6.07, 6.45) is -14.3. The third-order valence-corrected chi connectivity index (χ3v) is 7.16. The number of methoxy groups -OCH3 is 1. The van der Waals surface area contributed by atoms with Crippen LogP contribution in [-0.4, -0.2) is 122 Å². The Hall–Kier alpha value is -3.71. The molecule has 2 aromatic carbocycles. The zero-order valence-corrected chi connectivity index (χ0v) is 22.4. The maximum atomic E-state index is 12.9. The lowest BCUT2D eigenvalue weighted by molar-refractivity contribution is -0.307. The molecule has 0 amide bonds. The number of phenolic OH excluding ortho intramolecular Hbond substituents is 2. The largest absolute Gasteiger partial charge is 0.507 e. The number of benzene rings is 2. The summed E-state index contributed by atoms with van der Waals surface area (Å²) in [4.78, 5) is 12.9. The third kappa shape index (κ3) is 5.79. The van der Waals surface area contributed by atoms with E-state index in [1.807, 2.05) is 0 Å². The fourth-order valence-electron chi connectivity index (χ4n) is 4.76. The number of aliphatic hydroxyl groups is 6. The molecular formula is C27H30O16.